The van der Waals surface area contributed by atoms with Gasteiger partial charge in [0.2, 0.25) is 5.91 Å². The number of primary amides is 1. The van der Waals surface area contributed by atoms with E-state index in [0.29, 0.717) is 0 Å². The lowest BCUT2D eigenvalue weighted by Gasteiger charge is -2.25. The quantitative estimate of drug-likeness (QED) is 0.468. The second kappa shape index (κ2) is 10.7. The number of aryl methyl sites for hydroxylation is 1. The molecule has 0 spiro atoms. The van der Waals surface area contributed by atoms with E-state index in [4.69, 9.17) is 5.73 Å². The molecule has 1 heterocycles. The van der Waals surface area contributed by atoms with Crippen molar-refractivity contribution >= 4 is 23.3 Å². The number of nitrogens with one attached hydrogen (secondary N) is 2. The van der Waals surface area contributed by atoms with Gasteiger partial charge in [-0.15, -0.1) is 11.3 Å². The molecule has 2 aromatic carbocycles. The summed E-state index contributed by atoms with van der Waals surface area (Å²) in [5, 5.41) is 7.68. The third-order valence-corrected chi connectivity index (χ3v) is 5.87. The fraction of sp³-hybridized carbons (Fsp3) is 0.250. The molecule has 0 bridgehead atoms. The normalized spacial score (nSPS) is 12.8. The highest BCUT2D eigenvalue weighted by molar-refractivity contribution is 7.10. The van der Waals surface area contributed by atoms with Crippen molar-refractivity contribution in [2.75, 3.05) is 0 Å². The molecule has 0 fully saturated rings. The maximum absolute atomic E-state index is 12.8. The Hall–Kier alpha value is -2.96. The molecule has 3 rings (SSSR count). The van der Waals surface area contributed by atoms with Gasteiger partial charge in [-0.25, -0.2) is 4.79 Å². The highest BCUT2D eigenvalue weighted by atomic mass is 32.1. The van der Waals surface area contributed by atoms with E-state index in [0.717, 1.165) is 35.3 Å². The van der Waals surface area contributed by atoms with Gasteiger partial charge in [-0.05, 0) is 41.0 Å². The molecule has 1 aromatic heterocycles. The summed E-state index contributed by atoms with van der Waals surface area (Å²) in [5.74, 6) is -0.477. The van der Waals surface area contributed by atoms with Crippen molar-refractivity contribution in [3.8, 4) is 0 Å². The topological polar surface area (TPSA) is 84.2 Å². The fourth-order valence-electron chi connectivity index (χ4n) is 3.38. The molecule has 6 heteroatoms. The minimum atomic E-state index is -0.865. The van der Waals surface area contributed by atoms with Crippen LogP contribution in [0.3, 0.4) is 0 Å². The molecule has 0 saturated carbocycles. The van der Waals surface area contributed by atoms with Gasteiger partial charge in [0, 0.05) is 4.88 Å². The number of hydrogen-bond acceptors (Lipinski definition) is 4. The van der Waals surface area contributed by atoms with Crippen molar-refractivity contribution in [2.24, 2.45) is 5.73 Å². The molecule has 3 aromatic rings. The second-order valence-electron chi connectivity index (χ2n) is 7.16. The van der Waals surface area contributed by atoms with Crippen LogP contribution in [0.1, 0.15) is 53.4 Å². The minimum Gasteiger partial charge on any atom is -0.351 e. The largest absolute Gasteiger partial charge is 0.351 e. The van der Waals surface area contributed by atoms with E-state index in [9.17, 15) is 9.59 Å². The molecule has 4 N–H and O–H groups in total. The Bertz CT molecular complexity index is 940. The van der Waals surface area contributed by atoms with Crippen LogP contribution in [0.15, 0.2) is 72.1 Å². The number of imide groups is 1. The highest BCUT2D eigenvalue weighted by Gasteiger charge is 2.27. The first-order valence-corrected chi connectivity index (χ1v) is 11.0. The Labute approximate surface area is 181 Å². The monoisotopic (exact) mass is 421 g/mol. The van der Waals surface area contributed by atoms with Crippen molar-refractivity contribution < 1.29 is 9.59 Å². The van der Waals surface area contributed by atoms with E-state index in [-0.39, 0.29) is 6.04 Å². The van der Waals surface area contributed by atoms with Gasteiger partial charge in [0.15, 0.2) is 0 Å². The first-order valence-electron chi connectivity index (χ1n) is 10.1. The lowest BCUT2D eigenvalue weighted by molar-refractivity contribution is -0.122. The number of carbonyl (C=O) groups excluding carboxylic acids is 2. The summed E-state index contributed by atoms with van der Waals surface area (Å²) in [5.41, 5.74) is 8.33. The Morgan fingerprint density at radius 2 is 1.70 bits per heavy atom. The predicted octanol–water partition coefficient (Wildman–Crippen LogP) is 4.71. The summed E-state index contributed by atoms with van der Waals surface area (Å²) in [6.45, 7) is 2.19. The molecule has 3 amide bonds. The molecule has 0 unspecified atom stereocenters. The number of unbranched alkanes of at least 4 members (excludes halogenated alkanes) is 1. The van der Waals surface area contributed by atoms with Crippen LogP contribution in [0.25, 0.3) is 0 Å². The molecule has 0 radical (unpaired) electrons. The molecule has 2 atom stereocenters. The smallest absolute Gasteiger partial charge is 0.318 e. The standard InChI is InChI=1S/C24H27N3O2S/c1-2-3-8-17-12-14-19(15-13-17)21(20-11-7-16-30-20)26-22(23(28)27-24(25)29)18-9-5-4-6-10-18/h4-7,9-16,21-22,26H,2-3,8H2,1H3,(H3,25,27,28,29)/t21-,22+/m1/s1. The highest BCUT2D eigenvalue weighted by Crippen LogP contribution is 2.30. The average Bonchev–Trinajstić information content (AvgIpc) is 3.28. The number of hydrogen-bond donors (Lipinski definition) is 3. The Kier molecular flexibility index (Phi) is 7.76. The van der Waals surface area contributed by atoms with Gasteiger partial charge < -0.3 is 5.73 Å². The molecule has 0 aliphatic heterocycles. The van der Waals surface area contributed by atoms with Crippen molar-refractivity contribution in [3.05, 3.63) is 93.7 Å². The van der Waals surface area contributed by atoms with Crippen LogP contribution >= 0.6 is 11.3 Å². The molecule has 5 nitrogen and oxygen atoms in total. The molecule has 0 saturated heterocycles. The van der Waals surface area contributed by atoms with Gasteiger partial charge in [-0.3, -0.25) is 15.4 Å². The van der Waals surface area contributed by atoms with E-state index >= 15 is 0 Å². The van der Waals surface area contributed by atoms with Gasteiger partial charge in [0.05, 0.1) is 6.04 Å². The van der Waals surface area contributed by atoms with Crippen molar-refractivity contribution in [1.82, 2.24) is 10.6 Å². The Morgan fingerprint density at radius 3 is 2.30 bits per heavy atom. The number of thiophene rings is 1. The van der Waals surface area contributed by atoms with Gasteiger partial charge in [0.25, 0.3) is 0 Å². The predicted molar refractivity (Wildman–Crippen MR) is 121 cm³/mol. The third kappa shape index (κ3) is 5.78. The van der Waals surface area contributed by atoms with Crippen molar-refractivity contribution in [3.63, 3.8) is 0 Å². The van der Waals surface area contributed by atoms with Crippen LogP contribution in [0.4, 0.5) is 4.79 Å². The number of rotatable bonds is 9. The third-order valence-electron chi connectivity index (χ3n) is 4.93. The molecule has 30 heavy (non-hydrogen) atoms. The summed E-state index contributed by atoms with van der Waals surface area (Å²) in [6, 6.07) is 20.1. The van der Waals surface area contributed by atoms with Gasteiger partial charge in [-0.2, -0.15) is 0 Å². The number of carbonyl (C=O) groups is 2. The number of urea groups is 1. The number of nitrogens with two attached hydrogens (primary N) is 1. The minimum absolute atomic E-state index is 0.200. The molecular weight excluding hydrogens is 394 g/mol. The molecule has 0 aliphatic rings. The van der Waals surface area contributed by atoms with E-state index in [1.165, 1.54) is 5.56 Å². The van der Waals surface area contributed by atoms with Crippen LogP contribution in [-0.2, 0) is 11.2 Å². The zero-order chi connectivity index (χ0) is 21.3. The van der Waals surface area contributed by atoms with Crippen LogP contribution in [0.2, 0.25) is 0 Å². The Balaban J connectivity index is 1.92. The van der Waals surface area contributed by atoms with Crippen LogP contribution in [-0.4, -0.2) is 11.9 Å². The SMILES string of the molecule is CCCCc1ccc([C@@H](N[C@H](C(=O)NC(N)=O)c2ccccc2)c2cccs2)cc1. The van der Waals surface area contributed by atoms with Crippen LogP contribution in [0, 0.1) is 0 Å². The molecular formula is C24H27N3O2S. The zero-order valence-corrected chi connectivity index (χ0v) is 17.8. The summed E-state index contributed by atoms with van der Waals surface area (Å²) >= 11 is 1.62. The average molecular weight is 422 g/mol. The fourth-order valence-corrected chi connectivity index (χ4v) is 4.20. The maximum Gasteiger partial charge on any atom is 0.318 e. The number of benzene rings is 2. The maximum atomic E-state index is 12.8. The summed E-state index contributed by atoms with van der Waals surface area (Å²) in [4.78, 5) is 25.2. The van der Waals surface area contributed by atoms with Crippen LogP contribution < -0.4 is 16.4 Å². The van der Waals surface area contributed by atoms with Crippen LogP contribution in [0.5, 0.6) is 0 Å². The van der Waals surface area contributed by atoms with Gasteiger partial charge in [0.1, 0.15) is 6.04 Å². The summed E-state index contributed by atoms with van der Waals surface area (Å²) in [6.07, 6.45) is 3.38. The first kappa shape index (κ1) is 21.7. The first-order chi connectivity index (χ1) is 14.6. The summed E-state index contributed by atoms with van der Waals surface area (Å²) in [7, 11) is 0. The lowest BCUT2D eigenvalue weighted by Crippen LogP contribution is -2.44. The van der Waals surface area contributed by atoms with E-state index < -0.39 is 18.0 Å². The number of amides is 3. The van der Waals surface area contributed by atoms with Gasteiger partial charge >= 0.3 is 6.03 Å². The van der Waals surface area contributed by atoms with Crippen molar-refractivity contribution in [2.45, 2.75) is 38.3 Å². The van der Waals surface area contributed by atoms with E-state index in [1.54, 1.807) is 11.3 Å². The van der Waals surface area contributed by atoms with Gasteiger partial charge in [-0.1, -0.05) is 74.0 Å². The molecule has 156 valence electrons. The summed E-state index contributed by atoms with van der Waals surface area (Å²) < 4.78 is 0. The zero-order valence-electron chi connectivity index (χ0n) is 17.0. The van der Waals surface area contributed by atoms with Crippen molar-refractivity contribution in [1.29, 1.82) is 0 Å². The second-order valence-corrected chi connectivity index (χ2v) is 8.14. The Morgan fingerprint density at radius 1 is 0.967 bits per heavy atom. The van der Waals surface area contributed by atoms with E-state index in [1.807, 2.05) is 47.8 Å². The van der Waals surface area contributed by atoms with E-state index in [2.05, 4.69) is 41.8 Å². The lowest BCUT2D eigenvalue weighted by atomic mass is 9.98. The molecule has 0 aliphatic carbocycles.